The van der Waals surface area contributed by atoms with E-state index < -0.39 is 0 Å². The second kappa shape index (κ2) is 4.41. The van der Waals surface area contributed by atoms with Crippen LogP contribution in [0.15, 0.2) is 16.6 Å². The number of phenolic OH excluding ortho intramolecular Hbond substituents is 1. The topological polar surface area (TPSA) is 41.5 Å². The largest absolute Gasteiger partial charge is 0.504 e. The number of hydrogen-bond donors (Lipinski definition) is 2. The van der Waals surface area contributed by atoms with Crippen molar-refractivity contribution in [3.63, 3.8) is 0 Å². The summed E-state index contributed by atoms with van der Waals surface area (Å²) in [6, 6.07) is 3.60. The standard InChI is InChI=1S/C11H14BrNO2/c1-15-11-3-8(2-7-5-13-6-7)9(12)4-10(11)14/h3-4,7,13-14H,2,5-6H2,1H3. The lowest BCUT2D eigenvalue weighted by Crippen LogP contribution is -2.43. The van der Waals surface area contributed by atoms with Gasteiger partial charge in [-0.1, -0.05) is 15.9 Å². The minimum atomic E-state index is 0.180. The van der Waals surface area contributed by atoms with Crippen LogP contribution >= 0.6 is 15.9 Å². The van der Waals surface area contributed by atoms with Crippen LogP contribution in [-0.2, 0) is 6.42 Å². The molecule has 1 saturated heterocycles. The van der Waals surface area contributed by atoms with E-state index in [4.69, 9.17) is 4.74 Å². The Morgan fingerprint density at radius 1 is 1.53 bits per heavy atom. The molecule has 1 fully saturated rings. The van der Waals surface area contributed by atoms with Gasteiger partial charge in [0.25, 0.3) is 0 Å². The molecule has 0 aromatic heterocycles. The van der Waals surface area contributed by atoms with E-state index in [0.29, 0.717) is 11.7 Å². The van der Waals surface area contributed by atoms with Crippen molar-refractivity contribution in [2.24, 2.45) is 5.92 Å². The third-order valence-electron chi connectivity index (χ3n) is 2.72. The second-order valence-electron chi connectivity index (χ2n) is 3.84. The monoisotopic (exact) mass is 271 g/mol. The minimum Gasteiger partial charge on any atom is -0.504 e. The van der Waals surface area contributed by atoms with Crippen molar-refractivity contribution in [1.82, 2.24) is 5.32 Å². The van der Waals surface area contributed by atoms with Crippen LogP contribution < -0.4 is 10.1 Å². The summed E-state index contributed by atoms with van der Waals surface area (Å²) in [5.41, 5.74) is 1.19. The molecular formula is C11H14BrNO2. The van der Waals surface area contributed by atoms with Crippen LogP contribution in [-0.4, -0.2) is 25.3 Å². The van der Waals surface area contributed by atoms with Crippen LogP contribution in [0.1, 0.15) is 5.56 Å². The zero-order valence-corrected chi connectivity index (χ0v) is 10.2. The van der Waals surface area contributed by atoms with E-state index in [-0.39, 0.29) is 5.75 Å². The van der Waals surface area contributed by atoms with E-state index in [0.717, 1.165) is 24.0 Å². The second-order valence-corrected chi connectivity index (χ2v) is 4.70. The van der Waals surface area contributed by atoms with Gasteiger partial charge in [-0.2, -0.15) is 0 Å². The van der Waals surface area contributed by atoms with Crippen LogP contribution in [0.5, 0.6) is 11.5 Å². The summed E-state index contributed by atoms with van der Waals surface area (Å²) in [5.74, 6) is 1.43. The van der Waals surface area contributed by atoms with Crippen LogP contribution in [0.25, 0.3) is 0 Å². The molecule has 82 valence electrons. The van der Waals surface area contributed by atoms with Crippen LogP contribution in [0.4, 0.5) is 0 Å². The highest BCUT2D eigenvalue weighted by Crippen LogP contribution is 2.33. The summed E-state index contributed by atoms with van der Waals surface area (Å²) in [6.07, 6.45) is 1.02. The fourth-order valence-electron chi connectivity index (χ4n) is 1.71. The Bertz CT molecular complexity index is 364. The van der Waals surface area contributed by atoms with Gasteiger partial charge in [-0.15, -0.1) is 0 Å². The van der Waals surface area contributed by atoms with Crippen LogP contribution in [0.3, 0.4) is 0 Å². The average Bonchev–Trinajstić information content (AvgIpc) is 2.14. The molecule has 1 aliphatic heterocycles. The molecule has 0 atom stereocenters. The van der Waals surface area contributed by atoms with Gasteiger partial charge in [0.1, 0.15) is 0 Å². The molecule has 0 unspecified atom stereocenters. The van der Waals surface area contributed by atoms with Crippen molar-refractivity contribution in [2.75, 3.05) is 20.2 Å². The van der Waals surface area contributed by atoms with Crippen molar-refractivity contribution in [2.45, 2.75) is 6.42 Å². The molecule has 1 aromatic carbocycles. The first kappa shape index (κ1) is 10.8. The summed E-state index contributed by atoms with van der Waals surface area (Å²) in [7, 11) is 1.57. The molecule has 4 heteroatoms. The molecule has 0 aliphatic carbocycles. The maximum atomic E-state index is 9.55. The van der Waals surface area contributed by atoms with E-state index in [1.54, 1.807) is 13.2 Å². The molecule has 1 aliphatic rings. The van der Waals surface area contributed by atoms with Gasteiger partial charge in [0.05, 0.1) is 7.11 Å². The smallest absolute Gasteiger partial charge is 0.160 e. The van der Waals surface area contributed by atoms with Crippen molar-refractivity contribution in [3.05, 3.63) is 22.2 Å². The predicted molar refractivity (Wildman–Crippen MR) is 62.4 cm³/mol. The summed E-state index contributed by atoms with van der Waals surface area (Å²) < 4.78 is 6.04. The average molecular weight is 272 g/mol. The van der Waals surface area contributed by atoms with Gasteiger partial charge in [0.15, 0.2) is 11.5 Å². The minimum absolute atomic E-state index is 0.180. The first-order chi connectivity index (χ1) is 7.20. The molecule has 0 radical (unpaired) electrons. The van der Waals surface area contributed by atoms with E-state index >= 15 is 0 Å². The molecule has 3 nitrogen and oxygen atoms in total. The van der Waals surface area contributed by atoms with Gasteiger partial charge in [-0.05, 0) is 43.1 Å². The van der Waals surface area contributed by atoms with Crippen molar-refractivity contribution in [1.29, 1.82) is 0 Å². The van der Waals surface area contributed by atoms with E-state index in [2.05, 4.69) is 21.2 Å². The Morgan fingerprint density at radius 3 is 2.80 bits per heavy atom. The highest BCUT2D eigenvalue weighted by Gasteiger charge is 2.19. The molecule has 1 aromatic rings. The molecule has 0 amide bonds. The molecular weight excluding hydrogens is 258 g/mol. The first-order valence-corrected chi connectivity index (χ1v) is 5.76. The number of rotatable bonds is 3. The van der Waals surface area contributed by atoms with Gasteiger partial charge in [-0.25, -0.2) is 0 Å². The molecule has 0 saturated carbocycles. The summed E-state index contributed by atoms with van der Waals surface area (Å²) in [6.45, 7) is 2.16. The maximum absolute atomic E-state index is 9.55. The van der Waals surface area contributed by atoms with Crippen LogP contribution in [0, 0.1) is 5.92 Å². The fraction of sp³-hybridized carbons (Fsp3) is 0.455. The van der Waals surface area contributed by atoms with Crippen LogP contribution in [0.2, 0.25) is 0 Å². The van der Waals surface area contributed by atoms with Gasteiger partial charge < -0.3 is 15.2 Å². The number of methoxy groups -OCH3 is 1. The number of benzene rings is 1. The number of nitrogens with one attached hydrogen (secondary N) is 1. The summed E-state index contributed by atoms with van der Waals surface area (Å²) in [4.78, 5) is 0. The zero-order valence-electron chi connectivity index (χ0n) is 8.59. The van der Waals surface area contributed by atoms with E-state index in [1.807, 2.05) is 6.07 Å². The van der Waals surface area contributed by atoms with E-state index in [9.17, 15) is 5.11 Å². The first-order valence-electron chi connectivity index (χ1n) is 4.97. The summed E-state index contributed by atoms with van der Waals surface area (Å²) >= 11 is 3.46. The SMILES string of the molecule is COc1cc(CC2CNC2)c(Br)cc1O. The Kier molecular flexibility index (Phi) is 3.17. The lowest BCUT2D eigenvalue weighted by molar-refractivity contribution is 0.343. The lowest BCUT2D eigenvalue weighted by Gasteiger charge is -2.27. The maximum Gasteiger partial charge on any atom is 0.160 e. The summed E-state index contributed by atoms with van der Waals surface area (Å²) in [5, 5.41) is 12.8. The van der Waals surface area contributed by atoms with E-state index in [1.165, 1.54) is 5.56 Å². The molecule has 0 bridgehead atoms. The fourth-order valence-corrected chi connectivity index (χ4v) is 2.20. The molecule has 15 heavy (non-hydrogen) atoms. The quantitative estimate of drug-likeness (QED) is 0.883. The van der Waals surface area contributed by atoms with Gasteiger partial charge >= 0.3 is 0 Å². The number of phenols is 1. The Hall–Kier alpha value is -0.740. The third kappa shape index (κ3) is 2.26. The molecule has 2 N–H and O–H groups in total. The third-order valence-corrected chi connectivity index (χ3v) is 3.46. The van der Waals surface area contributed by atoms with Crippen molar-refractivity contribution >= 4 is 15.9 Å². The molecule has 0 spiro atoms. The van der Waals surface area contributed by atoms with Gasteiger partial charge in [-0.3, -0.25) is 0 Å². The highest BCUT2D eigenvalue weighted by atomic mass is 79.9. The predicted octanol–water partition coefficient (Wildman–Crippen LogP) is 1.93. The Morgan fingerprint density at radius 2 is 2.27 bits per heavy atom. The normalized spacial score (nSPS) is 16.1. The van der Waals surface area contributed by atoms with Gasteiger partial charge in [0, 0.05) is 4.47 Å². The number of aromatic hydroxyl groups is 1. The highest BCUT2D eigenvalue weighted by molar-refractivity contribution is 9.10. The molecule has 2 rings (SSSR count). The Balaban J connectivity index is 2.21. The lowest BCUT2D eigenvalue weighted by atomic mass is 9.94. The number of halogens is 1. The van der Waals surface area contributed by atoms with Crippen molar-refractivity contribution in [3.8, 4) is 11.5 Å². The Labute approximate surface area is 97.6 Å². The number of hydrogen-bond acceptors (Lipinski definition) is 3. The zero-order chi connectivity index (χ0) is 10.8. The van der Waals surface area contributed by atoms with Crippen molar-refractivity contribution < 1.29 is 9.84 Å². The number of ether oxygens (including phenoxy) is 1. The van der Waals surface area contributed by atoms with Gasteiger partial charge in [0.2, 0.25) is 0 Å². The molecule has 1 heterocycles.